The Labute approximate surface area is 156 Å². The van der Waals surface area contributed by atoms with Gasteiger partial charge in [0.1, 0.15) is 6.04 Å². The van der Waals surface area contributed by atoms with Gasteiger partial charge in [-0.25, -0.2) is 8.42 Å². The first-order valence-corrected chi connectivity index (χ1v) is 10.4. The van der Waals surface area contributed by atoms with Crippen LogP contribution in [0.15, 0.2) is 48.5 Å². The van der Waals surface area contributed by atoms with Gasteiger partial charge in [-0.05, 0) is 56.5 Å². The lowest BCUT2D eigenvalue weighted by molar-refractivity contribution is -0.122. The molecule has 0 aliphatic rings. The van der Waals surface area contributed by atoms with Gasteiger partial charge in [-0.1, -0.05) is 36.4 Å². The van der Waals surface area contributed by atoms with E-state index in [-0.39, 0.29) is 11.9 Å². The van der Waals surface area contributed by atoms with Gasteiger partial charge in [0.2, 0.25) is 15.9 Å². The molecule has 1 amide bonds. The molecule has 0 spiro atoms. The number of nitrogens with one attached hydrogen (secondary N) is 1. The highest BCUT2D eigenvalue weighted by Crippen LogP contribution is 2.24. The summed E-state index contributed by atoms with van der Waals surface area (Å²) in [5.41, 5.74) is 3.49. The fourth-order valence-corrected chi connectivity index (χ4v) is 4.00. The van der Waals surface area contributed by atoms with Crippen LogP contribution in [0.2, 0.25) is 0 Å². The van der Waals surface area contributed by atoms with Crippen molar-refractivity contribution in [2.45, 2.75) is 39.8 Å². The molecule has 0 radical (unpaired) electrons. The molecule has 2 aromatic carbocycles. The third-order valence-corrected chi connectivity index (χ3v) is 5.73. The summed E-state index contributed by atoms with van der Waals surface area (Å²) in [6.07, 6.45) is 1.12. The van der Waals surface area contributed by atoms with Gasteiger partial charge in [0, 0.05) is 0 Å². The summed E-state index contributed by atoms with van der Waals surface area (Å²) >= 11 is 0. The molecule has 0 aromatic heterocycles. The number of sulfonamides is 1. The van der Waals surface area contributed by atoms with E-state index in [9.17, 15) is 13.2 Å². The number of carbonyl (C=O) groups is 1. The molecule has 0 aliphatic carbocycles. The Morgan fingerprint density at radius 2 is 1.62 bits per heavy atom. The van der Waals surface area contributed by atoms with Crippen molar-refractivity contribution in [1.29, 1.82) is 0 Å². The number of hydrogen-bond donors (Lipinski definition) is 1. The van der Waals surface area contributed by atoms with Crippen LogP contribution in [0.25, 0.3) is 0 Å². The first-order chi connectivity index (χ1) is 12.1. The molecular formula is C20H26N2O3S. The first-order valence-electron chi connectivity index (χ1n) is 8.53. The molecule has 2 aromatic rings. The van der Waals surface area contributed by atoms with Gasteiger partial charge in [0.15, 0.2) is 0 Å². The minimum absolute atomic E-state index is 0.215. The summed E-state index contributed by atoms with van der Waals surface area (Å²) < 4.78 is 25.9. The largest absolute Gasteiger partial charge is 0.348 e. The van der Waals surface area contributed by atoms with Crippen LogP contribution in [0.5, 0.6) is 0 Å². The maximum atomic E-state index is 12.7. The van der Waals surface area contributed by atoms with Crippen LogP contribution in [-0.2, 0) is 14.8 Å². The van der Waals surface area contributed by atoms with Crippen molar-refractivity contribution >= 4 is 21.6 Å². The van der Waals surface area contributed by atoms with E-state index in [1.54, 1.807) is 19.1 Å². The van der Waals surface area contributed by atoms with Crippen molar-refractivity contribution in [2.75, 3.05) is 10.6 Å². The SMILES string of the molecule is Cc1ccc(N([C@H](C)C(=O)N[C@@H](C)c2ccccc2)S(C)(=O)=O)cc1C. The maximum absolute atomic E-state index is 12.7. The summed E-state index contributed by atoms with van der Waals surface area (Å²) in [5.74, 6) is -0.343. The number of benzene rings is 2. The number of nitrogens with zero attached hydrogens (tertiary/aromatic N) is 1. The second kappa shape index (κ2) is 7.91. The van der Waals surface area contributed by atoms with Crippen LogP contribution in [0.3, 0.4) is 0 Å². The number of anilines is 1. The van der Waals surface area contributed by atoms with Gasteiger partial charge < -0.3 is 5.32 Å². The molecule has 2 rings (SSSR count). The molecule has 6 heteroatoms. The van der Waals surface area contributed by atoms with Crippen molar-refractivity contribution in [3.05, 3.63) is 65.2 Å². The van der Waals surface area contributed by atoms with E-state index in [2.05, 4.69) is 5.32 Å². The third-order valence-electron chi connectivity index (χ3n) is 4.49. The summed E-state index contributed by atoms with van der Waals surface area (Å²) in [5, 5.41) is 2.90. The van der Waals surface area contributed by atoms with Gasteiger partial charge >= 0.3 is 0 Å². The Bertz CT molecular complexity index is 879. The van der Waals surface area contributed by atoms with Crippen molar-refractivity contribution in [3.63, 3.8) is 0 Å². The van der Waals surface area contributed by atoms with E-state index < -0.39 is 16.1 Å². The van der Waals surface area contributed by atoms with Crippen LogP contribution in [-0.4, -0.2) is 26.6 Å². The molecule has 0 saturated heterocycles. The Balaban J connectivity index is 2.27. The summed E-state index contributed by atoms with van der Waals surface area (Å²) in [7, 11) is -3.62. The van der Waals surface area contributed by atoms with Crippen LogP contribution < -0.4 is 9.62 Å². The predicted molar refractivity (Wildman–Crippen MR) is 106 cm³/mol. The van der Waals surface area contributed by atoms with E-state index in [0.717, 1.165) is 22.9 Å². The molecule has 2 atom stereocenters. The molecule has 1 N–H and O–H groups in total. The number of rotatable bonds is 6. The van der Waals surface area contributed by atoms with Crippen molar-refractivity contribution in [2.24, 2.45) is 0 Å². The Morgan fingerprint density at radius 1 is 1.00 bits per heavy atom. The smallest absolute Gasteiger partial charge is 0.244 e. The van der Waals surface area contributed by atoms with Crippen LogP contribution >= 0.6 is 0 Å². The van der Waals surface area contributed by atoms with E-state index in [1.165, 1.54) is 4.31 Å². The number of hydrogen-bond acceptors (Lipinski definition) is 3. The zero-order valence-electron chi connectivity index (χ0n) is 15.9. The van der Waals surface area contributed by atoms with E-state index in [4.69, 9.17) is 0 Å². The third kappa shape index (κ3) is 4.64. The quantitative estimate of drug-likeness (QED) is 0.843. The normalized spacial score (nSPS) is 13.7. The summed E-state index contributed by atoms with van der Waals surface area (Å²) in [6.45, 7) is 7.35. The monoisotopic (exact) mass is 374 g/mol. The lowest BCUT2D eigenvalue weighted by Crippen LogP contribution is -2.48. The number of aryl methyl sites for hydroxylation is 2. The molecule has 0 aliphatic heterocycles. The fourth-order valence-electron chi connectivity index (χ4n) is 2.83. The summed E-state index contributed by atoms with van der Waals surface area (Å²) in [6, 6.07) is 13.9. The predicted octanol–water partition coefficient (Wildman–Crippen LogP) is 3.34. The molecule has 0 unspecified atom stereocenters. The minimum atomic E-state index is -3.62. The summed E-state index contributed by atoms with van der Waals surface area (Å²) in [4.78, 5) is 12.7. The molecule has 0 bridgehead atoms. The van der Waals surface area contributed by atoms with E-state index >= 15 is 0 Å². The van der Waals surface area contributed by atoms with Crippen LogP contribution in [0.4, 0.5) is 5.69 Å². The first kappa shape index (κ1) is 20.0. The average molecular weight is 375 g/mol. The van der Waals surface area contributed by atoms with E-state index in [0.29, 0.717) is 5.69 Å². The van der Waals surface area contributed by atoms with E-state index in [1.807, 2.05) is 57.2 Å². The second-order valence-corrected chi connectivity index (χ2v) is 8.50. The number of carbonyl (C=O) groups excluding carboxylic acids is 1. The van der Waals surface area contributed by atoms with Crippen LogP contribution in [0.1, 0.15) is 36.6 Å². The lowest BCUT2D eigenvalue weighted by Gasteiger charge is -2.29. The molecule has 0 fully saturated rings. The molecule has 140 valence electrons. The molecule has 26 heavy (non-hydrogen) atoms. The fraction of sp³-hybridized carbons (Fsp3) is 0.350. The molecular weight excluding hydrogens is 348 g/mol. The standard InChI is InChI=1S/C20H26N2O3S/c1-14-11-12-19(13-15(14)2)22(26(5,24)25)17(4)20(23)21-16(3)18-9-7-6-8-10-18/h6-13,16-17H,1-5H3,(H,21,23)/t16-,17+/m0/s1. The highest BCUT2D eigenvalue weighted by Gasteiger charge is 2.30. The highest BCUT2D eigenvalue weighted by molar-refractivity contribution is 7.92. The van der Waals surface area contributed by atoms with Crippen molar-refractivity contribution in [3.8, 4) is 0 Å². The molecule has 0 saturated carbocycles. The topological polar surface area (TPSA) is 66.5 Å². The molecule has 0 heterocycles. The number of amides is 1. The van der Waals surface area contributed by atoms with Crippen molar-refractivity contribution in [1.82, 2.24) is 5.32 Å². The van der Waals surface area contributed by atoms with Gasteiger partial charge in [0.05, 0.1) is 18.0 Å². The van der Waals surface area contributed by atoms with Crippen molar-refractivity contribution < 1.29 is 13.2 Å². The average Bonchev–Trinajstić information content (AvgIpc) is 2.57. The zero-order valence-corrected chi connectivity index (χ0v) is 16.7. The Hall–Kier alpha value is -2.34. The second-order valence-electron chi connectivity index (χ2n) is 6.64. The molecule has 5 nitrogen and oxygen atoms in total. The Kier molecular flexibility index (Phi) is 6.08. The van der Waals surface area contributed by atoms with Gasteiger partial charge in [0.25, 0.3) is 0 Å². The lowest BCUT2D eigenvalue weighted by atomic mass is 10.1. The Morgan fingerprint density at radius 3 is 2.15 bits per heavy atom. The van der Waals surface area contributed by atoms with Gasteiger partial charge in [-0.2, -0.15) is 0 Å². The van der Waals surface area contributed by atoms with Crippen LogP contribution in [0, 0.1) is 13.8 Å². The van der Waals surface area contributed by atoms with Gasteiger partial charge in [-0.3, -0.25) is 9.10 Å². The zero-order chi connectivity index (χ0) is 19.5. The minimum Gasteiger partial charge on any atom is -0.348 e. The highest BCUT2D eigenvalue weighted by atomic mass is 32.2. The van der Waals surface area contributed by atoms with Gasteiger partial charge in [-0.15, -0.1) is 0 Å². The maximum Gasteiger partial charge on any atom is 0.244 e.